The molecule has 5 nitrogen and oxygen atoms in total. The van der Waals surface area contributed by atoms with Gasteiger partial charge in [0.25, 0.3) is 0 Å². The van der Waals surface area contributed by atoms with Gasteiger partial charge in [0, 0.05) is 37.5 Å². The summed E-state index contributed by atoms with van der Waals surface area (Å²) in [6.45, 7) is 5.85. The molecule has 2 rings (SSSR count). The van der Waals surface area contributed by atoms with E-state index in [1.165, 1.54) is 20.0 Å². The number of amides is 1. The lowest BCUT2D eigenvalue weighted by Crippen LogP contribution is -2.52. The van der Waals surface area contributed by atoms with Gasteiger partial charge >= 0.3 is 5.97 Å². The van der Waals surface area contributed by atoms with Crippen molar-refractivity contribution >= 4 is 11.9 Å². The van der Waals surface area contributed by atoms with Gasteiger partial charge in [0.1, 0.15) is 0 Å². The van der Waals surface area contributed by atoms with E-state index in [1.807, 2.05) is 13.8 Å². The van der Waals surface area contributed by atoms with E-state index in [0.29, 0.717) is 18.4 Å². The number of rotatable bonds is 6. The van der Waals surface area contributed by atoms with E-state index >= 15 is 0 Å². The smallest absolute Gasteiger partial charge is 0.305 e. The van der Waals surface area contributed by atoms with Crippen LogP contribution in [0.15, 0.2) is 0 Å². The molecule has 2 aliphatic rings. The third kappa shape index (κ3) is 4.99. The topological polar surface area (TPSA) is 58.6 Å². The normalized spacial score (nSPS) is 26.7. The molecule has 120 valence electrons. The van der Waals surface area contributed by atoms with Crippen molar-refractivity contribution in [2.45, 2.75) is 58.0 Å². The molecule has 0 aromatic carbocycles. The van der Waals surface area contributed by atoms with Crippen LogP contribution in [0.2, 0.25) is 0 Å². The average molecular weight is 296 g/mol. The van der Waals surface area contributed by atoms with Gasteiger partial charge in [0.15, 0.2) is 0 Å². The first-order valence-electron chi connectivity index (χ1n) is 8.10. The number of hydrogen-bond donors (Lipinski definition) is 1. The Labute approximate surface area is 127 Å². The summed E-state index contributed by atoms with van der Waals surface area (Å²) in [4.78, 5) is 25.7. The summed E-state index contributed by atoms with van der Waals surface area (Å²) in [6, 6.07) is 0.918. The quantitative estimate of drug-likeness (QED) is 0.756. The van der Waals surface area contributed by atoms with Crippen LogP contribution < -0.4 is 5.32 Å². The van der Waals surface area contributed by atoms with Crippen molar-refractivity contribution in [1.29, 1.82) is 0 Å². The molecule has 1 aliphatic carbocycles. The Bertz CT molecular complexity index is 380. The van der Waals surface area contributed by atoms with Crippen molar-refractivity contribution in [1.82, 2.24) is 10.2 Å². The van der Waals surface area contributed by atoms with Gasteiger partial charge in [-0.3, -0.25) is 14.5 Å². The molecule has 21 heavy (non-hydrogen) atoms. The Morgan fingerprint density at radius 3 is 2.57 bits per heavy atom. The van der Waals surface area contributed by atoms with E-state index in [4.69, 9.17) is 4.74 Å². The number of methoxy groups -OCH3 is 1. The molecule has 0 bridgehead atoms. The first-order chi connectivity index (χ1) is 9.99. The number of carbonyl (C=O) groups excluding carboxylic acids is 2. The van der Waals surface area contributed by atoms with Crippen molar-refractivity contribution in [3.63, 3.8) is 0 Å². The lowest BCUT2D eigenvalue weighted by atomic mass is 9.90. The molecule has 1 aliphatic heterocycles. The molecule has 1 heterocycles. The number of hydrogen-bond acceptors (Lipinski definition) is 4. The molecule has 2 atom stereocenters. The van der Waals surface area contributed by atoms with Gasteiger partial charge in [0.05, 0.1) is 7.11 Å². The minimum Gasteiger partial charge on any atom is -0.469 e. The molecule has 1 saturated heterocycles. The van der Waals surface area contributed by atoms with Gasteiger partial charge in [-0.05, 0) is 31.6 Å². The predicted octanol–water partition coefficient (Wildman–Crippen LogP) is 1.56. The van der Waals surface area contributed by atoms with Crippen LogP contribution in [-0.4, -0.2) is 49.1 Å². The van der Waals surface area contributed by atoms with Crippen LogP contribution in [0.4, 0.5) is 0 Å². The van der Waals surface area contributed by atoms with E-state index in [0.717, 1.165) is 25.9 Å². The van der Waals surface area contributed by atoms with E-state index in [1.54, 1.807) is 0 Å². The van der Waals surface area contributed by atoms with Gasteiger partial charge < -0.3 is 10.1 Å². The fourth-order valence-corrected chi connectivity index (χ4v) is 3.08. The molecule has 1 amide bonds. The summed E-state index contributed by atoms with van der Waals surface area (Å²) in [5.41, 5.74) is 0. The van der Waals surface area contributed by atoms with Crippen LogP contribution in [0.25, 0.3) is 0 Å². The third-order valence-electron chi connectivity index (χ3n) is 4.48. The lowest BCUT2D eigenvalue weighted by molar-refractivity contribution is -0.141. The van der Waals surface area contributed by atoms with Crippen LogP contribution in [0.5, 0.6) is 0 Å². The summed E-state index contributed by atoms with van der Waals surface area (Å²) in [6.07, 6.45) is 4.84. The van der Waals surface area contributed by atoms with E-state index < -0.39 is 0 Å². The molecule has 2 unspecified atom stereocenters. The minimum absolute atomic E-state index is 0.0230. The number of carbonyl (C=O) groups is 2. The monoisotopic (exact) mass is 296 g/mol. The maximum absolute atomic E-state index is 11.9. The van der Waals surface area contributed by atoms with Crippen molar-refractivity contribution in [2.75, 3.05) is 20.2 Å². The fraction of sp³-hybridized carbons (Fsp3) is 0.875. The van der Waals surface area contributed by atoms with Crippen LogP contribution in [0, 0.1) is 11.8 Å². The second kappa shape index (κ2) is 7.25. The molecule has 0 radical (unpaired) electrons. The van der Waals surface area contributed by atoms with Gasteiger partial charge in [-0.2, -0.15) is 0 Å². The van der Waals surface area contributed by atoms with Crippen molar-refractivity contribution in [2.24, 2.45) is 11.8 Å². The molecule has 1 saturated carbocycles. The molecule has 0 aromatic rings. The van der Waals surface area contributed by atoms with Crippen LogP contribution in [-0.2, 0) is 14.3 Å². The Kier molecular flexibility index (Phi) is 5.62. The Hall–Kier alpha value is -1.10. The second-order valence-electron chi connectivity index (χ2n) is 6.76. The first kappa shape index (κ1) is 16.3. The maximum Gasteiger partial charge on any atom is 0.305 e. The van der Waals surface area contributed by atoms with Crippen molar-refractivity contribution < 1.29 is 14.3 Å². The summed E-state index contributed by atoms with van der Waals surface area (Å²) in [5, 5.41) is 3.17. The second-order valence-corrected chi connectivity index (χ2v) is 6.76. The number of esters is 1. The van der Waals surface area contributed by atoms with Crippen LogP contribution in [0.1, 0.15) is 46.0 Å². The Morgan fingerprint density at radius 1 is 1.29 bits per heavy atom. The summed E-state index contributed by atoms with van der Waals surface area (Å²) < 4.78 is 4.73. The molecule has 0 spiro atoms. The van der Waals surface area contributed by atoms with E-state index in [2.05, 4.69) is 10.2 Å². The largest absolute Gasteiger partial charge is 0.469 e. The highest BCUT2D eigenvalue weighted by Gasteiger charge is 2.36. The Balaban J connectivity index is 1.88. The third-order valence-corrected chi connectivity index (χ3v) is 4.48. The summed E-state index contributed by atoms with van der Waals surface area (Å²) in [7, 11) is 1.44. The summed E-state index contributed by atoms with van der Waals surface area (Å²) >= 11 is 0. The first-order valence-corrected chi connectivity index (χ1v) is 8.10. The number of likely N-dealkylation sites (tertiary alicyclic amines) is 1. The van der Waals surface area contributed by atoms with Gasteiger partial charge in [-0.25, -0.2) is 0 Å². The van der Waals surface area contributed by atoms with E-state index in [-0.39, 0.29) is 23.8 Å². The fourth-order valence-electron chi connectivity index (χ4n) is 3.08. The SMILES string of the molecule is COC(=O)CCC1CC(NC(=O)C(C)C)CN(C2CC2)C1. The zero-order chi connectivity index (χ0) is 15.4. The molecule has 1 N–H and O–H groups in total. The molecular weight excluding hydrogens is 268 g/mol. The summed E-state index contributed by atoms with van der Waals surface area (Å²) in [5.74, 6) is 0.483. The number of piperidine rings is 1. The molecular formula is C16H28N2O3. The predicted molar refractivity (Wildman–Crippen MR) is 80.7 cm³/mol. The molecule has 2 fully saturated rings. The maximum atomic E-state index is 11.9. The standard InChI is InChI=1S/C16H28N2O3/c1-11(2)16(20)17-13-8-12(4-7-15(19)21-3)9-18(10-13)14-5-6-14/h11-14H,4-10H2,1-3H3,(H,17,20). The van der Waals surface area contributed by atoms with Gasteiger partial charge in [0.2, 0.25) is 5.91 Å². The zero-order valence-corrected chi connectivity index (χ0v) is 13.4. The number of ether oxygens (including phenoxy) is 1. The molecule has 0 aromatic heterocycles. The highest BCUT2D eigenvalue weighted by Crippen LogP contribution is 2.32. The highest BCUT2D eigenvalue weighted by atomic mass is 16.5. The van der Waals surface area contributed by atoms with Crippen molar-refractivity contribution in [3.05, 3.63) is 0 Å². The van der Waals surface area contributed by atoms with Gasteiger partial charge in [-0.1, -0.05) is 13.8 Å². The number of nitrogens with zero attached hydrogens (tertiary/aromatic N) is 1. The zero-order valence-electron chi connectivity index (χ0n) is 13.4. The number of nitrogens with one attached hydrogen (secondary N) is 1. The lowest BCUT2D eigenvalue weighted by Gasteiger charge is -2.38. The minimum atomic E-state index is -0.138. The van der Waals surface area contributed by atoms with Crippen LogP contribution >= 0.6 is 0 Å². The van der Waals surface area contributed by atoms with E-state index in [9.17, 15) is 9.59 Å². The van der Waals surface area contributed by atoms with Crippen molar-refractivity contribution in [3.8, 4) is 0 Å². The molecule has 5 heteroatoms. The van der Waals surface area contributed by atoms with Crippen LogP contribution in [0.3, 0.4) is 0 Å². The average Bonchev–Trinajstić information content (AvgIpc) is 3.28. The highest BCUT2D eigenvalue weighted by molar-refractivity contribution is 5.78. The van der Waals surface area contributed by atoms with Gasteiger partial charge in [-0.15, -0.1) is 0 Å². The Morgan fingerprint density at radius 2 is 2.00 bits per heavy atom.